The summed E-state index contributed by atoms with van der Waals surface area (Å²) in [6.07, 6.45) is 0.248. The van der Waals surface area contributed by atoms with Crippen LogP contribution < -0.4 is 15.0 Å². The van der Waals surface area contributed by atoms with E-state index >= 15 is 0 Å². The quantitative estimate of drug-likeness (QED) is 0.721. The van der Waals surface area contributed by atoms with Crippen LogP contribution in [0.4, 0.5) is 11.4 Å². The van der Waals surface area contributed by atoms with Crippen molar-refractivity contribution in [1.82, 2.24) is 0 Å². The molecule has 0 unspecified atom stereocenters. The van der Waals surface area contributed by atoms with Crippen LogP contribution in [0.3, 0.4) is 0 Å². The molecule has 8 nitrogen and oxygen atoms in total. The number of hydrogen-bond acceptors (Lipinski definition) is 6. The number of fused-ring (bicyclic) bond motifs is 1. The molecule has 0 saturated heterocycles. The molecule has 1 heterocycles. The topological polar surface area (TPSA) is 109 Å². The van der Waals surface area contributed by atoms with Gasteiger partial charge in [-0.3, -0.25) is 14.4 Å². The monoisotopic (exact) mass is 393 g/mol. The molecule has 0 atom stereocenters. The Balaban J connectivity index is 1.45. The lowest BCUT2D eigenvalue weighted by atomic mass is 10.1. The SMILES string of the molecule is N#CCc1ccc(NC(=O)COC(=O)CCN2C(=O)COc3ccccc32)cc1. The molecule has 8 heteroatoms. The summed E-state index contributed by atoms with van der Waals surface area (Å²) in [6, 6.07) is 16.0. The van der Waals surface area contributed by atoms with E-state index < -0.39 is 18.5 Å². The minimum absolute atomic E-state index is 0.0454. The summed E-state index contributed by atoms with van der Waals surface area (Å²) in [4.78, 5) is 37.4. The lowest BCUT2D eigenvalue weighted by Gasteiger charge is -2.28. The van der Waals surface area contributed by atoms with Crippen molar-refractivity contribution in [2.45, 2.75) is 12.8 Å². The number of anilines is 2. The number of carbonyl (C=O) groups is 3. The molecule has 0 spiro atoms. The van der Waals surface area contributed by atoms with Crippen molar-refractivity contribution in [2.75, 3.05) is 30.0 Å². The van der Waals surface area contributed by atoms with E-state index in [1.165, 1.54) is 4.90 Å². The van der Waals surface area contributed by atoms with Gasteiger partial charge in [-0.1, -0.05) is 24.3 Å². The zero-order valence-electron chi connectivity index (χ0n) is 15.6. The fourth-order valence-electron chi connectivity index (χ4n) is 2.81. The Hall–Kier alpha value is -3.86. The second-order valence-corrected chi connectivity index (χ2v) is 6.29. The van der Waals surface area contributed by atoms with E-state index in [0.717, 1.165) is 5.56 Å². The third kappa shape index (κ3) is 5.32. The van der Waals surface area contributed by atoms with Crippen LogP contribution >= 0.6 is 0 Å². The summed E-state index contributed by atoms with van der Waals surface area (Å²) in [5, 5.41) is 11.3. The normalized spacial score (nSPS) is 12.4. The van der Waals surface area contributed by atoms with Gasteiger partial charge in [0.25, 0.3) is 11.8 Å². The van der Waals surface area contributed by atoms with Crippen molar-refractivity contribution in [1.29, 1.82) is 5.26 Å². The molecule has 0 radical (unpaired) electrons. The second kappa shape index (κ2) is 9.37. The highest BCUT2D eigenvalue weighted by atomic mass is 16.5. The molecule has 1 aliphatic rings. The maximum atomic E-state index is 12.1. The third-order valence-corrected chi connectivity index (χ3v) is 4.23. The van der Waals surface area contributed by atoms with Crippen LogP contribution in [0.2, 0.25) is 0 Å². The van der Waals surface area contributed by atoms with Gasteiger partial charge in [-0.15, -0.1) is 0 Å². The first-order valence-electron chi connectivity index (χ1n) is 9.00. The summed E-state index contributed by atoms with van der Waals surface area (Å²) in [5.41, 5.74) is 1.99. The molecule has 0 aliphatic carbocycles. The number of hydrogen-bond donors (Lipinski definition) is 1. The standard InChI is InChI=1S/C21H19N3O5/c22-11-9-15-5-7-16(8-6-15)23-19(25)13-29-21(27)10-12-24-17-3-1-2-4-18(17)28-14-20(24)26/h1-8H,9-10,12-14H2,(H,23,25). The lowest BCUT2D eigenvalue weighted by molar-refractivity contribution is -0.147. The minimum Gasteiger partial charge on any atom is -0.482 e. The Bertz CT molecular complexity index is 950. The summed E-state index contributed by atoms with van der Waals surface area (Å²) in [5.74, 6) is -0.713. The highest BCUT2D eigenvalue weighted by molar-refractivity contribution is 5.98. The number of rotatable bonds is 7. The molecule has 148 valence electrons. The van der Waals surface area contributed by atoms with Gasteiger partial charge in [0.05, 0.1) is 24.6 Å². The molecule has 3 rings (SSSR count). The maximum absolute atomic E-state index is 12.1. The number of amides is 2. The smallest absolute Gasteiger partial charge is 0.308 e. The van der Waals surface area contributed by atoms with Crippen LogP contribution in [0.15, 0.2) is 48.5 Å². The van der Waals surface area contributed by atoms with Gasteiger partial charge in [-0.2, -0.15) is 5.26 Å². The van der Waals surface area contributed by atoms with E-state index in [2.05, 4.69) is 5.32 Å². The van der Waals surface area contributed by atoms with Crippen LogP contribution in [0.1, 0.15) is 12.0 Å². The third-order valence-electron chi connectivity index (χ3n) is 4.23. The molecule has 2 aromatic carbocycles. The molecule has 29 heavy (non-hydrogen) atoms. The number of ether oxygens (including phenoxy) is 2. The van der Waals surface area contributed by atoms with E-state index in [0.29, 0.717) is 23.5 Å². The number of nitrogens with zero attached hydrogens (tertiary/aromatic N) is 2. The molecule has 1 aliphatic heterocycles. The summed E-state index contributed by atoms with van der Waals surface area (Å²) in [7, 11) is 0. The predicted molar refractivity (Wildman–Crippen MR) is 104 cm³/mol. The van der Waals surface area contributed by atoms with Crippen molar-refractivity contribution in [2.24, 2.45) is 0 Å². The molecule has 2 aromatic rings. The Morgan fingerprint density at radius 2 is 1.93 bits per heavy atom. The first-order chi connectivity index (χ1) is 14.1. The van der Waals surface area contributed by atoms with E-state index in [1.807, 2.05) is 6.07 Å². The van der Waals surface area contributed by atoms with Gasteiger partial charge in [0.1, 0.15) is 5.75 Å². The minimum atomic E-state index is -0.582. The zero-order valence-corrected chi connectivity index (χ0v) is 15.6. The van der Waals surface area contributed by atoms with Crippen molar-refractivity contribution in [3.05, 3.63) is 54.1 Å². The Labute approximate surface area is 167 Å². The zero-order chi connectivity index (χ0) is 20.6. The van der Waals surface area contributed by atoms with Crippen molar-refractivity contribution in [3.8, 4) is 11.8 Å². The number of nitriles is 1. The van der Waals surface area contributed by atoms with Gasteiger partial charge in [-0.05, 0) is 29.8 Å². The van der Waals surface area contributed by atoms with Gasteiger partial charge >= 0.3 is 5.97 Å². The van der Waals surface area contributed by atoms with E-state index in [1.54, 1.807) is 48.5 Å². The second-order valence-electron chi connectivity index (χ2n) is 6.29. The van der Waals surface area contributed by atoms with Crippen LogP contribution in [-0.2, 0) is 25.5 Å². The van der Waals surface area contributed by atoms with E-state index in [9.17, 15) is 14.4 Å². The molecule has 0 fully saturated rings. The molecule has 0 saturated carbocycles. The van der Waals surface area contributed by atoms with Crippen molar-refractivity contribution >= 4 is 29.2 Å². The number of para-hydroxylation sites is 2. The average molecular weight is 393 g/mol. The Morgan fingerprint density at radius 1 is 1.17 bits per heavy atom. The Kier molecular flexibility index (Phi) is 6.43. The molecule has 0 aromatic heterocycles. The summed E-state index contributed by atoms with van der Waals surface area (Å²) < 4.78 is 10.3. The lowest BCUT2D eigenvalue weighted by Crippen LogP contribution is -2.40. The Morgan fingerprint density at radius 3 is 2.69 bits per heavy atom. The van der Waals surface area contributed by atoms with Crippen LogP contribution in [0.5, 0.6) is 5.75 Å². The summed E-state index contributed by atoms with van der Waals surface area (Å²) >= 11 is 0. The van der Waals surface area contributed by atoms with Gasteiger partial charge < -0.3 is 19.7 Å². The average Bonchev–Trinajstić information content (AvgIpc) is 2.73. The number of carbonyl (C=O) groups excluding carboxylic acids is 3. The predicted octanol–water partition coefficient (Wildman–Crippen LogP) is 2.05. The first kappa shape index (κ1) is 19.9. The van der Waals surface area contributed by atoms with Gasteiger partial charge in [0.2, 0.25) is 0 Å². The van der Waals surface area contributed by atoms with Crippen molar-refractivity contribution < 1.29 is 23.9 Å². The van der Waals surface area contributed by atoms with Gasteiger partial charge in [0.15, 0.2) is 13.2 Å². The van der Waals surface area contributed by atoms with Gasteiger partial charge in [-0.25, -0.2) is 0 Å². The van der Waals surface area contributed by atoms with Crippen LogP contribution in [0.25, 0.3) is 0 Å². The number of nitrogens with one attached hydrogen (secondary N) is 1. The highest BCUT2D eigenvalue weighted by Crippen LogP contribution is 2.31. The van der Waals surface area contributed by atoms with E-state index in [4.69, 9.17) is 14.7 Å². The van der Waals surface area contributed by atoms with E-state index in [-0.39, 0.29) is 25.5 Å². The first-order valence-corrected chi connectivity index (χ1v) is 9.00. The number of benzene rings is 2. The fraction of sp³-hybridized carbons (Fsp3) is 0.238. The molecule has 0 bridgehead atoms. The molecular weight excluding hydrogens is 374 g/mol. The summed E-state index contributed by atoms with van der Waals surface area (Å²) in [6.45, 7) is -0.367. The number of esters is 1. The molecule has 2 amide bonds. The van der Waals surface area contributed by atoms with Crippen molar-refractivity contribution in [3.63, 3.8) is 0 Å². The molecule has 1 N–H and O–H groups in total. The van der Waals surface area contributed by atoms with Crippen LogP contribution in [-0.4, -0.2) is 37.5 Å². The van der Waals surface area contributed by atoms with Crippen LogP contribution in [0, 0.1) is 11.3 Å². The molecular formula is C21H19N3O5. The highest BCUT2D eigenvalue weighted by Gasteiger charge is 2.25. The maximum Gasteiger partial charge on any atom is 0.308 e. The largest absolute Gasteiger partial charge is 0.482 e. The fourth-order valence-corrected chi connectivity index (χ4v) is 2.81. The van der Waals surface area contributed by atoms with Gasteiger partial charge in [0, 0.05) is 12.2 Å².